The van der Waals surface area contributed by atoms with E-state index in [2.05, 4.69) is 41.1 Å². The first-order chi connectivity index (χ1) is 14.9. The third-order valence-corrected chi connectivity index (χ3v) is 6.88. The SMILES string of the molecule is CS(=O)(=O)NC1CCCN2C(=O)OCCCCc3ccccc3-c3cccc(c3)CC12. The van der Waals surface area contributed by atoms with Gasteiger partial charge in [-0.05, 0) is 60.8 Å². The molecule has 1 saturated heterocycles. The first-order valence-electron chi connectivity index (χ1n) is 11.0. The maximum absolute atomic E-state index is 12.9. The Morgan fingerprint density at radius 3 is 2.74 bits per heavy atom. The molecular formula is C24H30N2O4S. The van der Waals surface area contributed by atoms with Crippen molar-refractivity contribution in [2.45, 2.75) is 50.6 Å². The van der Waals surface area contributed by atoms with Gasteiger partial charge in [-0.15, -0.1) is 0 Å². The summed E-state index contributed by atoms with van der Waals surface area (Å²) < 4.78 is 32.3. The van der Waals surface area contributed by atoms with Crippen LogP contribution in [0.1, 0.15) is 36.8 Å². The van der Waals surface area contributed by atoms with Crippen LogP contribution in [-0.2, 0) is 27.6 Å². The molecule has 2 aromatic rings. The number of nitrogens with zero attached hydrogens (tertiary/aromatic N) is 1. The van der Waals surface area contributed by atoms with Crippen LogP contribution in [0.2, 0.25) is 0 Å². The molecule has 2 aromatic carbocycles. The zero-order chi connectivity index (χ0) is 21.8. The predicted molar refractivity (Wildman–Crippen MR) is 121 cm³/mol. The van der Waals surface area contributed by atoms with Crippen molar-refractivity contribution in [2.24, 2.45) is 0 Å². The van der Waals surface area contributed by atoms with Crippen LogP contribution in [0, 0.1) is 0 Å². The molecule has 1 N–H and O–H groups in total. The molecule has 166 valence electrons. The molecule has 0 aliphatic carbocycles. The second-order valence-corrected chi connectivity index (χ2v) is 10.3. The van der Waals surface area contributed by atoms with Crippen LogP contribution < -0.4 is 4.72 Å². The lowest BCUT2D eigenvalue weighted by Gasteiger charge is -2.40. The van der Waals surface area contributed by atoms with Crippen LogP contribution in [0.3, 0.4) is 0 Å². The second kappa shape index (κ2) is 9.40. The van der Waals surface area contributed by atoms with E-state index >= 15 is 0 Å². The second-order valence-electron chi connectivity index (χ2n) is 8.53. The summed E-state index contributed by atoms with van der Waals surface area (Å²) in [6, 6.07) is 16.2. The van der Waals surface area contributed by atoms with Gasteiger partial charge in [-0.3, -0.25) is 0 Å². The quantitative estimate of drug-likeness (QED) is 0.769. The summed E-state index contributed by atoms with van der Waals surface area (Å²) in [5.74, 6) is 0. The number of rotatable bonds is 2. The molecule has 2 heterocycles. The molecule has 1 amide bonds. The number of aryl methyl sites for hydroxylation is 1. The fourth-order valence-corrected chi connectivity index (χ4v) is 5.56. The lowest BCUT2D eigenvalue weighted by atomic mass is 9.89. The summed E-state index contributed by atoms with van der Waals surface area (Å²) in [5, 5.41) is 0. The molecule has 0 radical (unpaired) electrons. The molecular weight excluding hydrogens is 412 g/mol. The molecule has 7 heteroatoms. The van der Waals surface area contributed by atoms with Gasteiger partial charge < -0.3 is 9.64 Å². The van der Waals surface area contributed by atoms with Crippen LogP contribution in [0.15, 0.2) is 48.5 Å². The number of amides is 1. The van der Waals surface area contributed by atoms with E-state index in [1.165, 1.54) is 17.4 Å². The molecule has 2 aliphatic rings. The third kappa shape index (κ3) is 5.46. The number of cyclic esters (lactones) is 1. The number of benzene rings is 2. The molecule has 0 spiro atoms. The monoisotopic (exact) mass is 442 g/mol. The molecule has 4 rings (SSSR count). The lowest BCUT2D eigenvalue weighted by Crippen LogP contribution is -2.57. The van der Waals surface area contributed by atoms with E-state index < -0.39 is 10.0 Å². The standard InChI is InChI=1S/C24H30N2O4S/c1-31(28,29)25-22-13-7-14-26-23(22)17-18-8-6-11-20(16-18)21-12-3-2-9-19(21)10-4-5-15-30-24(26)27/h2-3,6,8-9,11-12,16,22-23,25H,4-5,7,10,13-15,17H2,1H3. The van der Waals surface area contributed by atoms with Crippen molar-refractivity contribution in [3.05, 3.63) is 59.7 Å². The van der Waals surface area contributed by atoms with Crippen LogP contribution in [0.25, 0.3) is 11.1 Å². The van der Waals surface area contributed by atoms with Crippen molar-refractivity contribution in [3.63, 3.8) is 0 Å². The first-order valence-corrected chi connectivity index (χ1v) is 12.9. The van der Waals surface area contributed by atoms with Crippen LogP contribution >= 0.6 is 0 Å². The summed E-state index contributed by atoms with van der Waals surface area (Å²) in [5.41, 5.74) is 4.75. The number of carbonyl (C=O) groups is 1. The van der Waals surface area contributed by atoms with Gasteiger partial charge >= 0.3 is 6.09 Å². The molecule has 2 atom stereocenters. The van der Waals surface area contributed by atoms with Gasteiger partial charge in [-0.2, -0.15) is 0 Å². The van der Waals surface area contributed by atoms with E-state index in [9.17, 15) is 13.2 Å². The van der Waals surface area contributed by atoms with Crippen molar-refractivity contribution in [1.82, 2.24) is 9.62 Å². The van der Waals surface area contributed by atoms with Crippen LogP contribution in [-0.4, -0.2) is 50.9 Å². The number of fused-ring (bicyclic) bond motifs is 5. The Hall–Kier alpha value is -2.38. The Balaban J connectivity index is 1.72. The Labute approximate surface area is 184 Å². The minimum absolute atomic E-state index is 0.288. The van der Waals surface area contributed by atoms with Gasteiger partial charge in [-0.1, -0.05) is 48.5 Å². The van der Waals surface area contributed by atoms with Gasteiger partial charge in [-0.25, -0.2) is 17.9 Å². The van der Waals surface area contributed by atoms with Gasteiger partial charge in [0.1, 0.15) is 0 Å². The fourth-order valence-electron chi connectivity index (χ4n) is 4.74. The highest BCUT2D eigenvalue weighted by Crippen LogP contribution is 2.29. The zero-order valence-corrected chi connectivity index (χ0v) is 18.7. The predicted octanol–water partition coefficient (Wildman–Crippen LogP) is 3.75. The highest BCUT2D eigenvalue weighted by Gasteiger charge is 2.36. The van der Waals surface area contributed by atoms with Crippen molar-refractivity contribution in [1.29, 1.82) is 0 Å². The highest BCUT2D eigenvalue weighted by molar-refractivity contribution is 7.88. The topological polar surface area (TPSA) is 75.7 Å². The van der Waals surface area contributed by atoms with Gasteiger partial charge in [0.25, 0.3) is 0 Å². The van der Waals surface area contributed by atoms with Gasteiger partial charge in [0, 0.05) is 12.6 Å². The number of carbonyl (C=O) groups excluding carboxylic acids is 1. The van der Waals surface area contributed by atoms with E-state index in [-0.39, 0.29) is 18.2 Å². The summed E-state index contributed by atoms with van der Waals surface area (Å²) in [7, 11) is -3.39. The molecule has 6 nitrogen and oxygen atoms in total. The Morgan fingerprint density at radius 2 is 1.90 bits per heavy atom. The van der Waals surface area contributed by atoms with Crippen molar-refractivity contribution >= 4 is 16.1 Å². The minimum atomic E-state index is -3.39. The number of piperidine rings is 1. The molecule has 1 fully saturated rings. The third-order valence-electron chi connectivity index (χ3n) is 6.15. The zero-order valence-electron chi connectivity index (χ0n) is 17.9. The van der Waals surface area contributed by atoms with Crippen molar-refractivity contribution in [2.75, 3.05) is 19.4 Å². The van der Waals surface area contributed by atoms with E-state index in [0.717, 1.165) is 36.8 Å². The number of hydrogen-bond acceptors (Lipinski definition) is 4. The van der Waals surface area contributed by atoms with Crippen molar-refractivity contribution in [3.8, 4) is 11.1 Å². The van der Waals surface area contributed by atoms with E-state index in [0.29, 0.717) is 26.0 Å². The van der Waals surface area contributed by atoms with Crippen LogP contribution in [0.5, 0.6) is 0 Å². The molecule has 2 bridgehead atoms. The lowest BCUT2D eigenvalue weighted by molar-refractivity contribution is 0.0636. The normalized spacial score (nSPS) is 22.6. The fraction of sp³-hybridized carbons (Fsp3) is 0.458. The van der Waals surface area contributed by atoms with Crippen molar-refractivity contribution < 1.29 is 17.9 Å². The minimum Gasteiger partial charge on any atom is -0.449 e. The van der Waals surface area contributed by atoms with Crippen LogP contribution in [0.4, 0.5) is 4.79 Å². The molecule has 0 aromatic heterocycles. The van der Waals surface area contributed by atoms with Gasteiger partial charge in [0.05, 0.1) is 18.9 Å². The molecule has 2 unspecified atom stereocenters. The Morgan fingerprint density at radius 1 is 1.06 bits per heavy atom. The van der Waals surface area contributed by atoms with E-state index in [4.69, 9.17) is 4.74 Å². The molecule has 31 heavy (non-hydrogen) atoms. The number of hydrogen-bond donors (Lipinski definition) is 1. The van der Waals surface area contributed by atoms with Gasteiger partial charge in [0.2, 0.25) is 10.0 Å². The average molecular weight is 443 g/mol. The van der Waals surface area contributed by atoms with E-state index in [1.807, 2.05) is 12.1 Å². The van der Waals surface area contributed by atoms with E-state index in [1.54, 1.807) is 4.90 Å². The number of ether oxygens (including phenoxy) is 1. The molecule has 0 saturated carbocycles. The molecule has 2 aliphatic heterocycles. The van der Waals surface area contributed by atoms with Gasteiger partial charge in [0.15, 0.2) is 0 Å². The average Bonchev–Trinajstić information content (AvgIpc) is 2.73. The summed E-state index contributed by atoms with van der Waals surface area (Å²) in [6.45, 7) is 0.952. The summed E-state index contributed by atoms with van der Waals surface area (Å²) in [4.78, 5) is 14.6. The Bertz CT molecular complexity index is 1040. The maximum Gasteiger partial charge on any atom is 0.410 e. The smallest absolute Gasteiger partial charge is 0.410 e. The summed E-state index contributed by atoms with van der Waals surface area (Å²) >= 11 is 0. The first kappa shape index (κ1) is 21.8. The summed E-state index contributed by atoms with van der Waals surface area (Å²) in [6.07, 6.45) is 5.50. The Kier molecular flexibility index (Phi) is 6.62. The largest absolute Gasteiger partial charge is 0.449 e. The maximum atomic E-state index is 12.9. The number of sulfonamides is 1. The number of nitrogens with one attached hydrogen (secondary N) is 1. The highest BCUT2D eigenvalue weighted by atomic mass is 32.2.